The van der Waals surface area contributed by atoms with Crippen LogP contribution in [0.4, 0.5) is 32.0 Å². The normalized spacial score (nSPS) is 14.1. The van der Waals surface area contributed by atoms with Gasteiger partial charge in [-0.3, -0.25) is 9.48 Å². The summed E-state index contributed by atoms with van der Waals surface area (Å²) in [6.07, 6.45) is -8.54. The van der Waals surface area contributed by atoms with Gasteiger partial charge in [0.1, 0.15) is 0 Å². The fourth-order valence-electron chi connectivity index (χ4n) is 3.06. The molecule has 0 aliphatic heterocycles. The van der Waals surface area contributed by atoms with E-state index in [1.54, 1.807) is 0 Å². The summed E-state index contributed by atoms with van der Waals surface area (Å²) in [4.78, 5) is 12.5. The number of amides is 1. The molecule has 1 amide bonds. The Morgan fingerprint density at radius 2 is 1.78 bits per heavy atom. The molecule has 0 fully saturated rings. The van der Waals surface area contributed by atoms with Crippen molar-refractivity contribution in [2.75, 3.05) is 5.32 Å². The van der Waals surface area contributed by atoms with E-state index in [0.717, 1.165) is 42.1 Å². The second-order valence-electron chi connectivity index (χ2n) is 7.14. The predicted molar refractivity (Wildman–Crippen MR) is 100 cm³/mol. The third kappa shape index (κ3) is 4.52. The van der Waals surface area contributed by atoms with Gasteiger partial charge < -0.3 is 10.4 Å². The summed E-state index contributed by atoms with van der Waals surface area (Å²) >= 11 is 0. The van der Waals surface area contributed by atoms with Gasteiger partial charge in [-0.15, -0.1) is 0 Å². The first-order valence-electron chi connectivity index (χ1n) is 8.91. The maximum absolute atomic E-state index is 13.2. The van der Waals surface area contributed by atoms with Gasteiger partial charge >= 0.3 is 12.4 Å². The Labute approximate surface area is 176 Å². The van der Waals surface area contributed by atoms with Crippen LogP contribution in [0.5, 0.6) is 0 Å². The number of alkyl halides is 6. The maximum Gasteiger partial charge on any atom is 0.417 e. The maximum atomic E-state index is 13.2. The fraction of sp³-hybridized carbons (Fsp3) is 0.250. The van der Waals surface area contributed by atoms with E-state index < -0.39 is 47.1 Å². The van der Waals surface area contributed by atoms with Crippen molar-refractivity contribution >= 4 is 22.5 Å². The summed E-state index contributed by atoms with van der Waals surface area (Å²) in [6.45, 7) is 0.462. The number of nitrogens with one attached hydrogen (secondary N) is 1. The average molecular weight is 456 g/mol. The molecule has 2 aromatic carbocycles. The number of carbonyl (C=O) groups excluding carboxylic acids is 1. The van der Waals surface area contributed by atoms with Gasteiger partial charge in [0.25, 0.3) is 5.91 Å². The first-order chi connectivity index (χ1) is 14.7. The number of carbonyl (C=O) groups is 1. The fourth-order valence-corrected chi connectivity index (χ4v) is 3.06. The van der Waals surface area contributed by atoms with Gasteiger partial charge in [0, 0.05) is 11.1 Å². The number of nitrogens with zero attached hydrogens (tertiary/aromatic N) is 3. The van der Waals surface area contributed by atoms with E-state index >= 15 is 0 Å². The van der Waals surface area contributed by atoms with Crippen LogP contribution in [0.3, 0.4) is 0 Å². The lowest BCUT2D eigenvalue weighted by Crippen LogP contribution is -2.44. The number of aromatic nitrogens is 2. The van der Waals surface area contributed by atoms with Gasteiger partial charge in [-0.1, -0.05) is 6.07 Å². The highest BCUT2D eigenvalue weighted by Gasteiger charge is 2.37. The average Bonchev–Trinajstić information content (AvgIpc) is 3.08. The zero-order valence-electron chi connectivity index (χ0n) is 16.2. The highest BCUT2D eigenvalue weighted by atomic mass is 19.4. The van der Waals surface area contributed by atoms with E-state index in [2.05, 4.69) is 10.4 Å². The number of hydrogen-bond acceptors (Lipinski definition) is 4. The van der Waals surface area contributed by atoms with E-state index in [-0.39, 0.29) is 16.6 Å². The molecule has 6 nitrogen and oxygen atoms in total. The Morgan fingerprint density at radius 3 is 2.38 bits per heavy atom. The molecule has 12 heteroatoms. The molecule has 0 saturated heterocycles. The number of anilines is 1. The third-order valence-electron chi connectivity index (χ3n) is 4.64. The molecule has 32 heavy (non-hydrogen) atoms. The minimum Gasteiger partial charge on any atom is -0.378 e. The molecule has 3 rings (SSSR count). The molecule has 1 heterocycles. The summed E-state index contributed by atoms with van der Waals surface area (Å²) in [7, 11) is 0. The summed E-state index contributed by atoms with van der Waals surface area (Å²) in [5.74, 6) is -1.12. The van der Waals surface area contributed by atoms with Gasteiger partial charge in [0.2, 0.25) is 0 Å². The second kappa shape index (κ2) is 7.83. The smallest absolute Gasteiger partial charge is 0.378 e. The Bertz CT molecular complexity index is 1220. The Morgan fingerprint density at radius 1 is 1.12 bits per heavy atom. The van der Waals surface area contributed by atoms with Crippen molar-refractivity contribution in [2.24, 2.45) is 0 Å². The highest BCUT2D eigenvalue weighted by Crippen LogP contribution is 2.35. The zero-order chi connectivity index (χ0) is 23.9. The quantitative estimate of drug-likeness (QED) is 0.572. The molecule has 1 aromatic heterocycles. The number of nitriles is 1. The van der Waals surface area contributed by atoms with Crippen molar-refractivity contribution < 1.29 is 36.2 Å². The van der Waals surface area contributed by atoms with Crippen molar-refractivity contribution in [3.8, 4) is 6.07 Å². The van der Waals surface area contributed by atoms with Crippen molar-refractivity contribution in [1.82, 2.24) is 9.78 Å². The molecule has 0 aliphatic carbocycles. The molecular weight excluding hydrogens is 442 g/mol. The van der Waals surface area contributed by atoms with Gasteiger partial charge in [-0.2, -0.15) is 36.7 Å². The van der Waals surface area contributed by atoms with Crippen LogP contribution in [0, 0.1) is 11.3 Å². The van der Waals surface area contributed by atoms with Crippen LogP contribution >= 0.6 is 0 Å². The monoisotopic (exact) mass is 456 g/mol. The number of halogens is 6. The lowest BCUT2D eigenvalue weighted by molar-refractivity contribution is -0.138. The summed E-state index contributed by atoms with van der Waals surface area (Å²) in [5, 5.41) is 25.1. The van der Waals surface area contributed by atoms with E-state index in [4.69, 9.17) is 5.26 Å². The van der Waals surface area contributed by atoms with Crippen LogP contribution in [0.1, 0.15) is 23.6 Å². The lowest BCUT2D eigenvalue weighted by atomic mass is 10.0. The molecule has 1 unspecified atom stereocenters. The first-order valence-corrected chi connectivity index (χ1v) is 8.91. The van der Waals surface area contributed by atoms with E-state index in [0.29, 0.717) is 6.07 Å². The van der Waals surface area contributed by atoms with Gasteiger partial charge in [-0.25, -0.2) is 0 Å². The largest absolute Gasteiger partial charge is 0.417 e. The summed E-state index contributed by atoms with van der Waals surface area (Å²) in [6, 6.07) is 7.20. The number of rotatable bonds is 4. The van der Waals surface area contributed by atoms with Crippen LogP contribution in [-0.4, -0.2) is 26.4 Å². The Kier molecular flexibility index (Phi) is 5.65. The number of aliphatic hydroxyl groups is 1. The van der Waals surface area contributed by atoms with E-state index in [1.807, 2.05) is 0 Å². The van der Waals surface area contributed by atoms with Gasteiger partial charge in [0.15, 0.2) is 5.60 Å². The van der Waals surface area contributed by atoms with Crippen molar-refractivity contribution in [3.05, 3.63) is 59.3 Å². The Hall–Kier alpha value is -3.59. The number of benzene rings is 2. The number of fused-ring (bicyclic) bond motifs is 1. The van der Waals surface area contributed by atoms with Crippen molar-refractivity contribution in [3.63, 3.8) is 0 Å². The second-order valence-corrected chi connectivity index (χ2v) is 7.14. The Balaban J connectivity index is 1.87. The molecule has 0 spiro atoms. The molecule has 3 aromatic rings. The van der Waals surface area contributed by atoms with Crippen LogP contribution < -0.4 is 5.32 Å². The van der Waals surface area contributed by atoms with Crippen LogP contribution in [0.2, 0.25) is 0 Å². The van der Waals surface area contributed by atoms with Crippen molar-refractivity contribution in [1.29, 1.82) is 5.26 Å². The van der Waals surface area contributed by atoms with Gasteiger partial charge in [-0.05, 0) is 37.3 Å². The molecule has 2 N–H and O–H groups in total. The zero-order valence-corrected chi connectivity index (χ0v) is 16.2. The molecule has 0 aliphatic rings. The summed E-state index contributed by atoms with van der Waals surface area (Å²) in [5.41, 5.74) is -5.43. The third-order valence-corrected chi connectivity index (χ3v) is 4.64. The standard InChI is InChI=1S/C20H14F6N4O2/c1-18(32,10-30-16-4-2-3-14(19(21,22)23)13(16)9-28-30)17(31)29-12-6-5-11(8-27)15(7-12)20(24,25)26/h2-7,9,32H,10H2,1H3,(H,29,31). The molecular formula is C20H14F6N4O2. The van der Waals surface area contributed by atoms with Crippen LogP contribution in [0.25, 0.3) is 10.9 Å². The predicted octanol–water partition coefficient (Wildman–Crippen LogP) is 4.34. The molecule has 0 bridgehead atoms. The molecule has 0 saturated carbocycles. The van der Waals surface area contributed by atoms with Gasteiger partial charge in [0.05, 0.1) is 41.0 Å². The first kappa shape index (κ1) is 23.1. The van der Waals surface area contributed by atoms with E-state index in [9.17, 15) is 36.2 Å². The molecule has 168 valence electrons. The topological polar surface area (TPSA) is 90.9 Å². The number of hydrogen-bond donors (Lipinski definition) is 2. The summed E-state index contributed by atoms with van der Waals surface area (Å²) < 4.78 is 79.8. The molecule has 1 atom stereocenters. The minimum atomic E-state index is -4.85. The van der Waals surface area contributed by atoms with Crippen LogP contribution in [-0.2, 0) is 23.7 Å². The van der Waals surface area contributed by atoms with Crippen molar-refractivity contribution in [2.45, 2.75) is 31.4 Å². The highest BCUT2D eigenvalue weighted by molar-refractivity contribution is 5.97. The molecule has 0 radical (unpaired) electrons. The van der Waals surface area contributed by atoms with Crippen LogP contribution in [0.15, 0.2) is 42.6 Å². The minimum absolute atomic E-state index is 0.00521. The van der Waals surface area contributed by atoms with E-state index in [1.165, 1.54) is 12.1 Å². The lowest BCUT2D eigenvalue weighted by Gasteiger charge is -2.23. The SMILES string of the molecule is CC(O)(Cn1ncc2c(C(F)(F)F)cccc21)C(=O)Nc1ccc(C#N)c(C(F)(F)F)c1.